The van der Waals surface area contributed by atoms with E-state index in [0.717, 1.165) is 6.07 Å². The molecule has 1 aromatic carbocycles. The number of carbonyl (C=O) groups excluding carboxylic acids is 1. The molecule has 1 amide bonds. The lowest BCUT2D eigenvalue weighted by Gasteiger charge is -2.22. The number of nitrogens with two attached hydrogens (primary N) is 1. The fraction of sp³-hybridized carbons (Fsp3) is 0.500. The van der Waals surface area contributed by atoms with E-state index < -0.39 is 33.9 Å². The molecule has 9 heteroatoms. The van der Waals surface area contributed by atoms with E-state index >= 15 is 0 Å². The molecular formula is C14H22N2O6S. The fourth-order valence-corrected chi connectivity index (χ4v) is 2.28. The fourth-order valence-electron chi connectivity index (χ4n) is 1.71. The average Bonchev–Trinajstić information content (AvgIpc) is 2.41. The van der Waals surface area contributed by atoms with E-state index in [1.165, 1.54) is 18.2 Å². The number of benzene rings is 1. The second-order valence-electron chi connectivity index (χ2n) is 6.01. The van der Waals surface area contributed by atoms with Gasteiger partial charge in [0.2, 0.25) is 10.0 Å². The van der Waals surface area contributed by atoms with Gasteiger partial charge in [0.15, 0.2) is 0 Å². The summed E-state index contributed by atoms with van der Waals surface area (Å²) in [6.07, 6.45) is -3.48. The first kappa shape index (κ1) is 19.4. The van der Waals surface area contributed by atoms with Gasteiger partial charge >= 0.3 is 6.09 Å². The molecule has 1 rings (SSSR count). The first-order chi connectivity index (χ1) is 10.4. The molecule has 0 aliphatic heterocycles. The van der Waals surface area contributed by atoms with Crippen LogP contribution in [0.5, 0.6) is 0 Å². The molecule has 8 nitrogen and oxygen atoms in total. The summed E-state index contributed by atoms with van der Waals surface area (Å²) in [7, 11) is -3.91. The summed E-state index contributed by atoms with van der Waals surface area (Å²) in [6, 6.07) is 5.27. The Bertz CT molecular complexity index is 653. The molecule has 0 aliphatic rings. The molecule has 0 aliphatic carbocycles. The Morgan fingerprint density at radius 3 is 2.48 bits per heavy atom. The topological polar surface area (TPSA) is 139 Å². The highest BCUT2D eigenvalue weighted by Crippen LogP contribution is 2.19. The van der Waals surface area contributed by atoms with Crippen molar-refractivity contribution in [3.8, 4) is 0 Å². The zero-order valence-corrected chi connectivity index (χ0v) is 14.0. The summed E-state index contributed by atoms with van der Waals surface area (Å²) < 4.78 is 27.6. The lowest BCUT2D eigenvalue weighted by Crippen LogP contribution is -2.38. The van der Waals surface area contributed by atoms with Crippen LogP contribution in [0.1, 0.15) is 32.4 Å². The summed E-state index contributed by atoms with van der Waals surface area (Å²) in [4.78, 5) is 11.3. The first-order valence-corrected chi connectivity index (χ1v) is 8.40. The van der Waals surface area contributed by atoms with Gasteiger partial charge in [-0.3, -0.25) is 0 Å². The van der Waals surface area contributed by atoms with Crippen molar-refractivity contribution < 1.29 is 28.2 Å². The molecular weight excluding hydrogens is 324 g/mol. The molecule has 0 radical (unpaired) electrons. The predicted octanol–water partition coefficient (Wildman–Crippen LogP) is 0.253. The number of carbonyl (C=O) groups is 1. The third-order valence-corrected chi connectivity index (χ3v) is 3.66. The van der Waals surface area contributed by atoms with Gasteiger partial charge in [0.1, 0.15) is 17.8 Å². The van der Waals surface area contributed by atoms with Crippen LogP contribution in [0.3, 0.4) is 0 Å². The minimum Gasteiger partial charge on any atom is -0.444 e. The molecule has 0 spiro atoms. The van der Waals surface area contributed by atoms with Crippen molar-refractivity contribution in [1.82, 2.24) is 5.32 Å². The molecule has 2 atom stereocenters. The second-order valence-corrected chi connectivity index (χ2v) is 7.57. The van der Waals surface area contributed by atoms with E-state index in [1.54, 1.807) is 20.8 Å². The number of ether oxygens (including phenoxy) is 1. The minimum absolute atomic E-state index is 0.162. The van der Waals surface area contributed by atoms with Gasteiger partial charge < -0.3 is 20.3 Å². The number of rotatable bonds is 5. The normalized spacial score (nSPS) is 14.9. The molecule has 5 N–H and O–H groups in total. The van der Waals surface area contributed by atoms with Gasteiger partial charge in [0, 0.05) is 6.54 Å². The number of hydrogen-bond donors (Lipinski definition) is 4. The highest BCUT2D eigenvalue weighted by Gasteiger charge is 2.22. The van der Waals surface area contributed by atoms with Gasteiger partial charge in [-0.15, -0.1) is 0 Å². The molecule has 0 aromatic heterocycles. The van der Waals surface area contributed by atoms with Crippen LogP contribution in [0.4, 0.5) is 4.79 Å². The Hall–Kier alpha value is -1.68. The van der Waals surface area contributed by atoms with Gasteiger partial charge in [0.05, 0.1) is 4.90 Å². The van der Waals surface area contributed by atoms with Crippen molar-refractivity contribution in [3.63, 3.8) is 0 Å². The number of hydrogen-bond acceptors (Lipinski definition) is 6. The summed E-state index contributed by atoms with van der Waals surface area (Å²) in [6.45, 7) is 4.81. The molecule has 0 saturated heterocycles. The largest absolute Gasteiger partial charge is 0.444 e. The van der Waals surface area contributed by atoms with E-state index in [4.69, 9.17) is 9.88 Å². The number of amides is 1. The van der Waals surface area contributed by atoms with E-state index in [0.29, 0.717) is 0 Å². The monoisotopic (exact) mass is 346 g/mol. The highest BCUT2D eigenvalue weighted by molar-refractivity contribution is 7.89. The molecule has 1 aromatic rings. The predicted molar refractivity (Wildman–Crippen MR) is 83.0 cm³/mol. The Balaban J connectivity index is 2.70. The van der Waals surface area contributed by atoms with Crippen LogP contribution < -0.4 is 10.5 Å². The van der Waals surface area contributed by atoms with Crippen LogP contribution in [-0.4, -0.2) is 43.0 Å². The van der Waals surface area contributed by atoms with Crippen LogP contribution in [0.15, 0.2) is 29.2 Å². The first-order valence-electron chi connectivity index (χ1n) is 6.86. The zero-order chi connectivity index (χ0) is 17.8. The van der Waals surface area contributed by atoms with Gasteiger partial charge in [-0.1, -0.05) is 12.1 Å². The maximum Gasteiger partial charge on any atom is 0.407 e. The van der Waals surface area contributed by atoms with Crippen molar-refractivity contribution in [2.45, 2.75) is 43.5 Å². The van der Waals surface area contributed by atoms with Gasteiger partial charge in [0.25, 0.3) is 0 Å². The van der Waals surface area contributed by atoms with Gasteiger partial charge in [-0.05, 0) is 38.5 Å². The number of aliphatic hydroxyl groups excluding tert-OH is 2. The number of aliphatic hydroxyl groups is 2. The Morgan fingerprint density at radius 2 is 1.96 bits per heavy atom. The summed E-state index contributed by atoms with van der Waals surface area (Å²) in [5, 5.41) is 27.3. The Labute approximate surface area is 135 Å². The lowest BCUT2D eigenvalue weighted by atomic mass is 10.0. The molecule has 23 heavy (non-hydrogen) atoms. The van der Waals surface area contributed by atoms with Crippen molar-refractivity contribution in [1.29, 1.82) is 0 Å². The Kier molecular flexibility index (Phi) is 6.11. The highest BCUT2D eigenvalue weighted by atomic mass is 32.2. The van der Waals surface area contributed by atoms with E-state index in [2.05, 4.69) is 5.32 Å². The third kappa shape index (κ3) is 6.53. The second kappa shape index (κ2) is 7.26. The number of alkyl carbamates (subject to hydrolysis) is 1. The molecule has 130 valence electrons. The maximum absolute atomic E-state index is 11.5. The SMILES string of the molecule is CC(C)(C)OC(=O)NCC(O)C(O)c1cccc(S(N)(=O)=O)c1. The van der Waals surface area contributed by atoms with Gasteiger partial charge in [-0.2, -0.15) is 0 Å². The molecule has 0 fully saturated rings. The summed E-state index contributed by atoms with van der Waals surface area (Å²) in [5.74, 6) is 0. The maximum atomic E-state index is 11.5. The van der Waals surface area contributed by atoms with E-state index in [1.807, 2.05) is 0 Å². The van der Waals surface area contributed by atoms with E-state index in [-0.39, 0.29) is 17.0 Å². The molecule has 0 bridgehead atoms. The zero-order valence-electron chi connectivity index (χ0n) is 13.2. The van der Waals surface area contributed by atoms with Crippen LogP contribution in [0.25, 0.3) is 0 Å². The van der Waals surface area contributed by atoms with Gasteiger partial charge in [-0.25, -0.2) is 18.4 Å². The van der Waals surface area contributed by atoms with Crippen LogP contribution >= 0.6 is 0 Å². The third-order valence-electron chi connectivity index (χ3n) is 2.75. The van der Waals surface area contributed by atoms with Crippen molar-refractivity contribution >= 4 is 16.1 Å². The molecule has 0 saturated carbocycles. The lowest BCUT2D eigenvalue weighted by molar-refractivity contribution is 0.0128. The minimum atomic E-state index is -3.91. The average molecular weight is 346 g/mol. The van der Waals surface area contributed by atoms with Crippen LogP contribution in [0, 0.1) is 0 Å². The smallest absolute Gasteiger partial charge is 0.407 e. The van der Waals surface area contributed by atoms with Crippen LogP contribution in [0.2, 0.25) is 0 Å². The number of nitrogens with one attached hydrogen (secondary N) is 1. The van der Waals surface area contributed by atoms with E-state index in [9.17, 15) is 23.4 Å². The van der Waals surface area contributed by atoms with Crippen LogP contribution in [-0.2, 0) is 14.8 Å². The Morgan fingerprint density at radius 1 is 1.35 bits per heavy atom. The van der Waals surface area contributed by atoms with Crippen molar-refractivity contribution in [3.05, 3.63) is 29.8 Å². The number of sulfonamides is 1. The quantitative estimate of drug-likeness (QED) is 0.603. The van der Waals surface area contributed by atoms with Crippen molar-refractivity contribution in [2.75, 3.05) is 6.54 Å². The number of primary sulfonamides is 1. The molecule has 0 heterocycles. The standard InChI is InChI=1S/C14H22N2O6S/c1-14(2,3)22-13(19)16-8-11(17)12(18)9-5-4-6-10(7-9)23(15,20)21/h4-7,11-12,17-18H,8H2,1-3H3,(H,16,19)(H2,15,20,21). The molecule has 2 unspecified atom stereocenters. The summed E-state index contributed by atoms with van der Waals surface area (Å²) >= 11 is 0. The summed E-state index contributed by atoms with van der Waals surface area (Å²) in [5.41, 5.74) is -0.521. The van der Waals surface area contributed by atoms with Crippen molar-refractivity contribution in [2.24, 2.45) is 5.14 Å².